The van der Waals surface area contributed by atoms with Crippen LogP contribution in [-0.2, 0) is 22.5 Å². The smallest absolute Gasteiger partial charge is 0.306 e. The van der Waals surface area contributed by atoms with Crippen molar-refractivity contribution in [1.29, 1.82) is 0 Å². The van der Waals surface area contributed by atoms with E-state index in [1.54, 1.807) is 10.6 Å². The molecule has 1 saturated heterocycles. The van der Waals surface area contributed by atoms with Gasteiger partial charge in [0.15, 0.2) is 17.5 Å². The Morgan fingerprint density at radius 1 is 0.939 bits per heavy atom. The zero-order chi connectivity index (χ0) is 34.4. The predicted octanol–water partition coefficient (Wildman–Crippen LogP) is 8.09. The summed E-state index contributed by atoms with van der Waals surface area (Å²) in [7, 11) is 0. The summed E-state index contributed by atoms with van der Waals surface area (Å²) < 4.78 is 26.6. The molecule has 10 heteroatoms. The molecule has 0 radical (unpaired) electrons. The van der Waals surface area contributed by atoms with E-state index in [1.807, 2.05) is 6.92 Å². The Balaban J connectivity index is 0.998. The van der Waals surface area contributed by atoms with Gasteiger partial charge in [-0.2, -0.15) is 0 Å². The molecule has 2 aromatic heterocycles. The molecule has 1 aromatic carbocycles. The van der Waals surface area contributed by atoms with Crippen LogP contribution in [0.1, 0.15) is 150 Å². The highest BCUT2D eigenvalue weighted by atomic mass is 19.1. The molecule has 9 nitrogen and oxygen atoms in total. The van der Waals surface area contributed by atoms with Gasteiger partial charge < -0.3 is 19.3 Å². The van der Waals surface area contributed by atoms with Crippen molar-refractivity contribution in [2.75, 3.05) is 26.2 Å². The summed E-state index contributed by atoms with van der Waals surface area (Å²) in [6.07, 6.45) is 19.3. The van der Waals surface area contributed by atoms with E-state index < -0.39 is 6.10 Å². The number of benzene rings is 1. The first-order valence-corrected chi connectivity index (χ1v) is 19.1. The van der Waals surface area contributed by atoms with Crippen molar-refractivity contribution in [1.82, 2.24) is 19.6 Å². The molecule has 1 unspecified atom stereocenters. The maximum absolute atomic E-state index is 13.6. The number of carbonyl (C=O) groups excluding carboxylic acids is 1. The number of rotatable bonds is 20. The van der Waals surface area contributed by atoms with E-state index in [0.29, 0.717) is 43.8 Å². The number of halogens is 1. The van der Waals surface area contributed by atoms with Gasteiger partial charge in [0, 0.05) is 54.7 Å². The van der Waals surface area contributed by atoms with Gasteiger partial charge in [-0.3, -0.25) is 14.2 Å². The van der Waals surface area contributed by atoms with E-state index in [4.69, 9.17) is 19.4 Å². The third-order valence-electron chi connectivity index (χ3n) is 10.6. The average Bonchev–Trinajstić information content (AvgIpc) is 3.52. The lowest BCUT2D eigenvalue weighted by Crippen LogP contribution is -2.38. The molecule has 0 bridgehead atoms. The van der Waals surface area contributed by atoms with Gasteiger partial charge in [0.25, 0.3) is 5.56 Å². The fraction of sp³-hybridized carbons (Fsp3) is 0.692. The van der Waals surface area contributed by atoms with Gasteiger partial charge in [-0.05, 0) is 77.1 Å². The Morgan fingerprint density at radius 2 is 1.59 bits per heavy atom. The molecular weight excluding hydrogens is 623 g/mol. The number of hydrogen-bond acceptors (Lipinski definition) is 8. The lowest BCUT2D eigenvalue weighted by molar-refractivity contribution is -0.151. The van der Waals surface area contributed by atoms with Crippen LogP contribution in [0, 0.1) is 12.7 Å². The monoisotopic (exact) mass is 680 g/mol. The molecule has 49 heavy (non-hydrogen) atoms. The average molecular weight is 681 g/mol. The molecule has 2 aliphatic heterocycles. The van der Waals surface area contributed by atoms with Gasteiger partial charge in [-0.15, -0.1) is 0 Å². The second kappa shape index (κ2) is 19.3. The largest absolute Gasteiger partial charge is 0.454 e. The Kier molecular flexibility index (Phi) is 14.7. The third kappa shape index (κ3) is 10.7. The Labute approximate surface area is 290 Å². The van der Waals surface area contributed by atoms with Crippen LogP contribution in [0.4, 0.5) is 4.39 Å². The number of aliphatic hydroxyl groups is 1. The van der Waals surface area contributed by atoms with Crippen LogP contribution in [0.25, 0.3) is 11.0 Å². The molecule has 0 saturated carbocycles. The van der Waals surface area contributed by atoms with E-state index in [9.17, 15) is 14.0 Å². The van der Waals surface area contributed by atoms with Gasteiger partial charge in [0.1, 0.15) is 5.82 Å². The standard InChI is InChI=1S/C39H57FN4O5/c1-29-32(22-26-43-24-20-30(21-25-43)37-33-19-18-31(40)28-35(33)49-42-37)39(47)44-23-15-16-34(38(44)41-29)48-36(46)17-13-11-9-7-5-3-2-4-6-8-10-12-14-27-45/h18-19,28,30,34,45H,2-17,20-27H2,1H3. The second-order valence-electron chi connectivity index (χ2n) is 14.3. The number of nitrogens with zero attached hydrogens (tertiary/aromatic N) is 4. The molecule has 3 aromatic rings. The minimum Gasteiger partial charge on any atom is -0.454 e. The van der Waals surface area contributed by atoms with Gasteiger partial charge in [0.05, 0.1) is 5.69 Å². The van der Waals surface area contributed by atoms with Crippen molar-refractivity contribution in [2.24, 2.45) is 0 Å². The summed E-state index contributed by atoms with van der Waals surface area (Å²) in [5, 5.41) is 14.0. The number of fused-ring (bicyclic) bond motifs is 2. The third-order valence-corrected chi connectivity index (χ3v) is 10.6. The van der Waals surface area contributed by atoms with Crippen molar-refractivity contribution in [3.63, 3.8) is 0 Å². The molecule has 1 atom stereocenters. The van der Waals surface area contributed by atoms with Gasteiger partial charge in [-0.25, -0.2) is 9.37 Å². The van der Waals surface area contributed by atoms with E-state index in [-0.39, 0.29) is 23.3 Å². The highest BCUT2D eigenvalue weighted by Gasteiger charge is 2.29. The maximum atomic E-state index is 13.6. The van der Waals surface area contributed by atoms with Crippen molar-refractivity contribution in [2.45, 2.75) is 147 Å². The van der Waals surface area contributed by atoms with Gasteiger partial charge in [-0.1, -0.05) is 75.8 Å². The molecule has 0 amide bonds. The van der Waals surface area contributed by atoms with Crippen molar-refractivity contribution in [3.05, 3.63) is 57.1 Å². The number of esters is 1. The van der Waals surface area contributed by atoms with Crippen LogP contribution in [0.5, 0.6) is 0 Å². The quantitative estimate of drug-likeness (QED) is 0.0942. The zero-order valence-electron chi connectivity index (χ0n) is 29.6. The number of ether oxygens (including phenoxy) is 1. The van der Waals surface area contributed by atoms with Crippen LogP contribution in [0.2, 0.25) is 0 Å². The molecule has 5 rings (SSSR count). The number of aromatic nitrogens is 3. The van der Waals surface area contributed by atoms with E-state index in [0.717, 1.165) is 93.3 Å². The molecule has 0 aliphatic carbocycles. The van der Waals surface area contributed by atoms with E-state index in [1.165, 1.54) is 63.5 Å². The number of hydrogen-bond donors (Lipinski definition) is 1. The van der Waals surface area contributed by atoms with Gasteiger partial charge >= 0.3 is 5.97 Å². The van der Waals surface area contributed by atoms with Crippen molar-refractivity contribution >= 4 is 16.9 Å². The first-order valence-electron chi connectivity index (χ1n) is 19.1. The first-order chi connectivity index (χ1) is 23.9. The summed E-state index contributed by atoms with van der Waals surface area (Å²) in [6, 6.07) is 4.60. The fourth-order valence-corrected chi connectivity index (χ4v) is 7.62. The number of aryl methyl sites for hydroxylation is 1. The Hall–Kier alpha value is -3.11. The number of likely N-dealkylation sites (tertiary alicyclic amines) is 1. The van der Waals surface area contributed by atoms with Crippen molar-refractivity contribution < 1.29 is 23.6 Å². The van der Waals surface area contributed by atoms with Crippen molar-refractivity contribution in [3.8, 4) is 0 Å². The Bertz CT molecular complexity index is 1530. The second-order valence-corrected chi connectivity index (χ2v) is 14.3. The van der Waals surface area contributed by atoms with Crippen LogP contribution < -0.4 is 5.56 Å². The minimum absolute atomic E-state index is 0.00233. The molecule has 1 fully saturated rings. The molecule has 1 N–H and O–H groups in total. The van der Waals surface area contributed by atoms with Crippen LogP contribution >= 0.6 is 0 Å². The number of aliphatic hydroxyl groups excluding tert-OH is 1. The van der Waals surface area contributed by atoms with E-state index >= 15 is 0 Å². The normalized spacial score (nSPS) is 17.1. The first kappa shape index (κ1) is 37.2. The summed E-state index contributed by atoms with van der Waals surface area (Å²) in [5.74, 6) is 0.347. The molecule has 2 aliphatic rings. The number of piperidine rings is 1. The van der Waals surface area contributed by atoms with Crippen LogP contribution in [-0.4, -0.2) is 56.9 Å². The maximum Gasteiger partial charge on any atom is 0.306 e. The lowest BCUT2D eigenvalue weighted by atomic mass is 9.91. The topological polar surface area (TPSA) is 111 Å². The summed E-state index contributed by atoms with van der Waals surface area (Å²) >= 11 is 0. The van der Waals surface area contributed by atoms with Crippen LogP contribution in [0.15, 0.2) is 27.5 Å². The molecule has 4 heterocycles. The molecule has 0 spiro atoms. The van der Waals surface area contributed by atoms with Crippen LogP contribution in [0.3, 0.4) is 0 Å². The Morgan fingerprint density at radius 3 is 2.27 bits per heavy atom. The van der Waals surface area contributed by atoms with Gasteiger partial charge in [0.2, 0.25) is 0 Å². The lowest BCUT2D eigenvalue weighted by Gasteiger charge is -2.31. The summed E-state index contributed by atoms with van der Waals surface area (Å²) in [5.41, 5.74) is 2.88. The summed E-state index contributed by atoms with van der Waals surface area (Å²) in [6.45, 7) is 5.39. The predicted molar refractivity (Wildman–Crippen MR) is 189 cm³/mol. The highest BCUT2D eigenvalue weighted by Crippen LogP contribution is 2.33. The molecular formula is C39H57FN4O5. The number of carbonyl (C=O) groups is 1. The minimum atomic E-state index is -0.459. The zero-order valence-corrected chi connectivity index (χ0v) is 29.6. The number of unbranched alkanes of at least 4 members (excludes halogenated alkanes) is 12. The summed E-state index contributed by atoms with van der Waals surface area (Å²) in [4.78, 5) is 33.6. The fourth-order valence-electron chi connectivity index (χ4n) is 7.62. The SMILES string of the molecule is Cc1nc2n(c(=O)c1CCN1CCC(c3noc4cc(F)ccc34)CC1)CCCC2OC(=O)CCCCCCCCCCCCCCCO. The van der Waals surface area contributed by atoms with E-state index in [2.05, 4.69) is 10.1 Å². The highest BCUT2D eigenvalue weighted by molar-refractivity contribution is 5.79. The molecule has 270 valence electrons.